The van der Waals surface area contributed by atoms with Crippen LogP contribution in [0.4, 0.5) is 0 Å². The van der Waals surface area contributed by atoms with E-state index in [1.165, 1.54) is 11.1 Å². The number of likely N-dealkylation sites (tertiary alicyclic amines) is 2. The Labute approximate surface area is 148 Å². The number of benzene rings is 1. The van der Waals surface area contributed by atoms with Crippen LogP contribution in [-0.2, 0) is 20.9 Å². The minimum absolute atomic E-state index is 0.00458. The highest BCUT2D eigenvalue weighted by molar-refractivity contribution is 5.87. The summed E-state index contributed by atoms with van der Waals surface area (Å²) in [6.07, 6.45) is 2.48. The minimum Gasteiger partial charge on any atom is -0.381 e. The Morgan fingerprint density at radius 3 is 2.92 bits per heavy atom. The second-order valence-corrected chi connectivity index (χ2v) is 7.82. The lowest BCUT2D eigenvalue weighted by Crippen LogP contribution is -2.40. The molecular formula is C20H26N2O3. The normalized spacial score (nSPS) is 29.2. The third-order valence-electron chi connectivity index (χ3n) is 6.00. The Balaban J connectivity index is 1.42. The van der Waals surface area contributed by atoms with Crippen LogP contribution in [0.3, 0.4) is 0 Å². The van der Waals surface area contributed by atoms with E-state index in [9.17, 15) is 9.59 Å². The first kappa shape index (κ1) is 16.6. The topological polar surface area (TPSA) is 49.9 Å². The molecule has 0 aromatic heterocycles. The van der Waals surface area contributed by atoms with Crippen molar-refractivity contribution in [2.75, 3.05) is 32.8 Å². The lowest BCUT2D eigenvalue weighted by Gasteiger charge is -2.25. The molecule has 3 fully saturated rings. The van der Waals surface area contributed by atoms with E-state index >= 15 is 0 Å². The van der Waals surface area contributed by atoms with Crippen LogP contribution in [0.1, 0.15) is 30.4 Å². The summed E-state index contributed by atoms with van der Waals surface area (Å²) in [7, 11) is 0. The minimum atomic E-state index is -0.348. The molecule has 2 amide bonds. The number of hydrogen-bond donors (Lipinski definition) is 0. The van der Waals surface area contributed by atoms with Gasteiger partial charge < -0.3 is 14.5 Å². The first-order valence-electron chi connectivity index (χ1n) is 9.29. The molecule has 2 unspecified atom stereocenters. The number of ether oxygens (including phenoxy) is 1. The fraction of sp³-hybridized carbons (Fsp3) is 0.600. The van der Waals surface area contributed by atoms with E-state index in [-0.39, 0.29) is 23.1 Å². The van der Waals surface area contributed by atoms with Crippen LogP contribution in [0.15, 0.2) is 24.3 Å². The standard InChI is InChI=1S/C20H26N2O3/c1-15-3-2-4-16(11-15)12-21-8-6-20(19(21)24)7-9-22(14-20)18(23)17-5-10-25-13-17/h2-4,11,17H,5-10,12-14H2,1H3. The molecule has 3 aliphatic heterocycles. The summed E-state index contributed by atoms with van der Waals surface area (Å²) >= 11 is 0. The van der Waals surface area contributed by atoms with Crippen LogP contribution in [-0.4, -0.2) is 54.5 Å². The summed E-state index contributed by atoms with van der Waals surface area (Å²) in [6, 6.07) is 8.34. The summed E-state index contributed by atoms with van der Waals surface area (Å²) in [5.74, 6) is 0.404. The highest BCUT2D eigenvalue weighted by Gasteiger charge is 2.52. The zero-order valence-corrected chi connectivity index (χ0v) is 14.9. The van der Waals surface area contributed by atoms with Gasteiger partial charge in [-0.05, 0) is 31.7 Å². The molecule has 3 heterocycles. The van der Waals surface area contributed by atoms with Crippen molar-refractivity contribution in [3.63, 3.8) is 0 Å². The number of aryl methyl sites for hydroxylation is 1. The van der Waals surface area contributed by atoms with Crippen LogP contribution in [0, 0.1) is 18.3 Å². The fourth-order valence-corrected chi connectivity index (χ4v) is 4.50. The number of carbonyl (C=O) groups is 2. The Morgan fingerprint density at radius 1 is 1.32 bits per heavy atom. The van der Waals surface area contributed by atoms with E-state index in [0.717, 1.165) is 25.8 Å². The van der Waals surface area contributed by atoms with Crippen LogP contribution >= 0.6 is 0 Å². The molecular weight excluding hydrogens is 316 g/mol. The summed E-state index contributed by atoms with van der Waals surface area (Å²) in [6.45, 7) is 6.05. The molecule has 25 heavy (non-hydrogen) atoms. The van der Waals surface area contributed by atoms with Gasteiger partial charge in [-0.2, -0.15) is 0 Å². The van der Waals surface area contributed by atoms with Gasteiger partial charge in [0, 0.05) is 32.8 Å². The quantitative estimate of drug-likeness (QED) is 0.844. The van der Waals surface area contributed by atoms with Gasteiger partial charge in [-0.1, -0.05) is 29.8 Å². The Hall–Kier alpha value is -1.88. The number of amides is 2. The first-order valence-corrected chi connectivity index (χ1v) is 9.29. The summed E-state index contributed by atoms with van der Waals surface area (Å²) in [5, 5.41) is 0. The molecule has 1 aromatic rings. The van der Waals surface area contributed by atoms with Gasteiger partial charge in [0.1, 0.15) is 0 Å². The van der Waals surface area contributed by atoms with E-state index in [1.807, 2.05) is 15.9 Å². The maximum atomic E-state index is 13.1. The number of rotatable bonds is 3. The Bertz CT molecular complexity index is 683. The van der Waals surface area contributed by atoms with Gasteiger partial charge in [-0.25, -0.2) is 0 Å². The molecule has 0 saturated carbocycles. The van der Waals surface area contributed by atoms with Gasteiger partial charge >= 0.3 is 0 Å². The summed E-state index contributed by atoms with van der Waals surface area (Å²) in [4.78, 5) is 29.6. The Morgan fingerprint density at radius 2 is 2.16 bits per heavy atom. The smallest absolute Gasteiger partial charge is 0.231 e. The molecule has 0 radical (unpaired) electrons. The van der Waals surface area contributed by atoms with Crippen LogP contribution in [0.5, 0.6) is 0 Å². The largest absolute Gasteiger partial charge is 0.381 e. The van der Waals surface area contributed by atoms with Gasteiger partial charge in [0.15, 0.2) is 0 Å². The maximum Gasteiger partial charge on any atom is 0.231 e. The zero-order valence-electron chi connectivity index (χ0n) is 14.9. The van der Waals surface area contributed by atoms with Crippen molar-refractivity contribution in [1.82, 2.24) is 9.80 Å². The molecule has 134 valence electrons. The number of nitrogens with zero attached hydrogens (tertiary/aromatic N) is 2. The van der Waals surface area contributed by atoms with Crippen molar-refractivity contribution < 1.29 is 14.3 Å². The van der Waals surface area contributed by atoms with Crippen molar-refractivity contribution in [3.05, 3.63) is 35.4 Å². The average Bonchev–Trinajstić information content (AvgIpc) is 3.33. The third-order valence-corrected chi connectivity index (χ3v) is 6.00. The monoisotopic (exact) mass is 342 g/mol. The van der Waals surface area contributed by atoms with Crippen molar-refractivity contribution in [2.45, 2.75) is 32.7 Å². The van der Waals surface area contributed by atoms with Crippen LogP contribution in [0.2, 0.25) is 0 Å². The summed E-state index contributed by atoms with van der Waals surface area (Å²) < 4.78 is 5.35. The molecule has 0 aliphatic carbocycles. The molecule has 5 heteroatoms. The van der Waals surface area contributed by atoms with E-state index in [0.29, 0.717) is 32.8 Å². The van der Waals surface area contributed by atoms with Gasteiger partial charge in [-0.15, -0.1) is 0 Å². The lowest BCUT2D eigenvalue weighted by atomic mass is 9.85. The maximum absolute atomic E-state index is 13.1. The predicted octanol–water partition coefficient (Wildman–Crippen LogP) is 1.98. The number of carbonyl (C=O) groups excluding carboxylic acids is 2. The fourth-order valence-electron chi connectivity index (χ4n) is 4.50. The Kier molecular flexibility index (Phi) is 4.28. The molecule has 3 aliphatic rings. The highest BCUT2D eigenvalue weighted by Crippen LogP contribution is 2.41. The van der Waals surface area contributed by atoms with E-state index in [4.69, 9.17) is 4.74 Å². The van der Waals surface area contributed by atoms with Gasteiger partial charge in [0.2, 0.25) is 11.8 Å². The molecule has 2 atom stereocenters. The first-order chi connectivity index (χ1) is 12.1. The zero-order chi connectivity index (χ0) is 17.4. The second-order valence-electron chi connectivity index (χ2n) is 7.82. The third kappa shape index (κ3) is 3.06. The van der Waals surface area contributed by atoms with Crippen LogP contribution < -0.4 is 0 Å². The molecule has 3 saturated heterocycles. The molecule has 4 rings (SSSR count). The second kappa shape index (κ2) is 6.45. The molecule has 0 N–H and O–H groups in total. The van der Waals surface area contributed by atoms with Crippen molar-refractivity contribution in [1.29, 1.82) is 0 Å². The van der Waals surface area contributed by atoms with Gasteiger partial charge in [-0.3, -0.25) is 9.59 Å². The molecule has 1 aromatic carbocycles. The van der Waals surface area contributed by atoms with Gasteiger partial charge in [0.05, 0.1) is 17.9 Å². The molecule has 5 nitrogen and oxygen atoms in total. The van der Waals surface area contributed by atoms with Crippen molar-refractivity contribution in [2.24, 2.45) is 11.3 Å². The van der Waals surface area contributed by atoms with E-state index < -0.39 is 0 Å². The van der Waals surface area contributed by atoms with Crippen LogP contribution in [0.25, 0.3) is 0 Å². The van der Waals surface area contributed by atoms with E-state index in [1.54, 1.807) is 0 Å². The van der Waals surface area contributed by atoms with Crippen molar-refractivity contribution >= 4 is 11.8 Å². The predicted molar refractivity (Wildman–Crippen MR) is 93.8 cm³/mol. The molecule has 1 spiro atoms. The highest BCUT2D eigenvalue weighted by atomic mass is 16.5. The van der Waals surface area contributed by atoms with Gasteiger partial charge in [0.25, 0.3) is 0 Å². The lowest BCUT2D eigenvalue weighted by molar-refractivity contribution is -0.138. The summed E-state index contributed by atoms with van der Waals surface area (Å²) in [5.41, 5.74) is 2.05. The number of hydrogen-bond acceptors (Lipinski definition) is 3. The van der Waals surface area contributed by atoms with Crippen molar-refractivity contribution in [3.8, 4) is 0 Å². The van der Waals surface area contributed by atoms with E-state index in [2.05, 4.69) is 25.1 Å². The average molecular weight is 342 g/mol. The molecule has 0 bridgehead atoms. The SMILES string of the molecule is Cc1cccc(CN2CCC3(CCN(C(=O)C4CCOC4)C3)C2=O)c1.